The average Bonchev–Trinajstić information content (AvgIpc) is 2.85. The number of sulfone groups is 1. The number of rotatable bonds is 5. The van der Waals surface area contributed by atoms with Crippen LogP contribution in [0.15, 0.2) is 35.4 Å². The zero-order valence-corrected chi connectivity index (χ0v) is 12.1. The summed E-state index contributed by atoms with van der Waals surface area (Å²) in [7, 11) is -4.47. The van der Waals surface area contributed by atoms with Crippen LogP contribution >= 0.6 is 0 Å². The molecule has 0 saturated heterocycles. The summed E-state index contributed by atoms with van der Waals surface area (Å²) in [6.07, 6.45) is -3.97. The lowest BCUT2D eigenvalue weighted by Gasteiger charge is -2.15. The van der Waals surface area contributed by atoms with E-state index in [1.807, 2.05) is 4.98 Å². The van der Waals surface area contributed by atoms with E-state index >= 15 is 0 Å². The molecule has 1 unspecified atom stereocenters. The van der Waals surface area contributed by atoms with Crippen LogP contribution in [0.25, 0.3) is 0 Å². The van der Waals surface area contributed by atoms with Crippen molar-refractivity contribution in [2.75, 3.05) is 0 Å². The number of imidazole rings is 1. The van der Waals surface area contributed by atoms with E-state index in [2.05, 4.69) is 4.98 Å². The number of carbonyl (C=O) groups excluding carboxylic acids is 1. The monoisotopic (exact) mass is 332 g/mol. The first-order valence-electron chi connectivity index (χ1n) is 6.06. The predicted octanol–water partition coefficient (Wildman–Crippen LogP) is 2.21. The molecule has 9 heteroatoms. The van der Waals surface area contributed by atoms with E-state index in [1.54, 1.807) is 6.92 Å². The molecule has 0 bridgehead atoms. The summed E-state index contributed by atoms with van der Waals surface area (Å²) in [5.74, 6) is -1.84. The standard InChI is InChI=1S/C13H11F3N2O3S/c1-7-2-4-8(5-3-7)22(20,21)11(10(19)12(14)15)9-6-17-13(16)18-9/h2-6,11-12H,1H3,(H,17,18). The van der Waals surface area contributed by atoms with Gasteiger partial charge in [-0.05, 0) is 19.1 Å². The van der Waals surface area contributed by atoms with Crippen LogP contribution in [-0.2, 0) is 14.6 Å². The smallest absolute Gasteiger partial charge is 0.297 e. The number of hydrogen-bond acceptors (Lipinski definition) is 4. The van der Waals surface area contributed by atoms with E-state index in [0.29, 0.717) is 6.20 Å². The highest BCUT2D eigenvalue weighted by Gasteiger charge is 2.41. The molecule has 1 aromatic heterocycles. The number of Topliss-reactive ketones (excluding diaryl/α,β-unsaturated/α-hetero) is 1. The number of aromatic amines is 1. The summed E-state index contributed by atoms with van der Waals surface area (Å²) in [5, 5.41) is -2.24. The zero-order valence-electron chi connectivity index (χ0n) is 11.3. The van der Waals surface area contributed by atoms with Crippen LogP contribution < -0.4 is 0 Å². The molecule has 0 aliphatic heterocycles. The number of hydrogen-bond donors (Lipinski definition) is 1. The van der Waals surface area contributed by atoms with Crippen LogP contribution in [0.4, 0.5) is 13.2 Å². The van der Waals surface area contributed by atoms with E-state index < -0.39 is 39.1 Å². The van der Waals surface area contributed by atoms with Gasteiger partial charge >= 0.3 is 0 Å². The molecule has 0 aliphatic rings. The van der Waals surface area contributed by atoms with Gasteiger partial charge in [0.05, 0.1) is 16.8 Å². The van der Waals surface area contributed by atoms with E-state index in [1.165, 1.54) is 24.3 Å². The molecule has 22 heavy (non-hydrogen) atoms. The Morgan fingerprint density at radius 1 is 1.23 bits per heavy atom. The lowest BCUT2D eigenvalue weighted by atomic mass is 10.2. The van der Waals surface area contributed by atoms with Crippen molar-refractivity contribution in [3.63, 3.8) is 0 Å². The van der Waals surface area contributed by atoms with Crippen molar-refractivity contribution in [3.05, 3.63) is 47.8 Å². The van der Waals surface area contributed by atoms with Crippen LogP contribution in [-0.4, -0.2) is 30.6 Å². The first-order chi connectivity index (χ1) is 10.2. The highest BCUT2D eigenvalue weighted by atomic mass is 32.2. The first kappa shape index (κ1) is 16.2. The summed E-state index contributed by atoms with van der Waals surface area (Å²) in [4.78, 5) is 16.3. The van der Waals surface area contributed by atoms with Crippen LogP contribution in [0.1, 0.15) is 16.5 Å². The van der Waals surface area contributed by atoms with E-state index in [-0.39, 0.29) is 4.90 Å². The van der Waals surface area contributed by atoms with Gasteiger partial charge in [-0.3, -0.25) is 4.79 Å². The SMILES string of the molecule is Cc1ccc(S(=O)(=O)C(C(=O)C(F)F)c2cnc(F)[nH]2)cc1. The molecule has 0 radical (unpaired) electrons. The lowest BCUT2D eigenvalue weighted by molar-refractivity contribution is -0.129. The molecular weight excluding hydrogens is 321 g/mol. The number of aromatic nitrogens is 2. The lowest BCUT2D eigenvalue weighted by Crippen LogP contribution is -2.28. The molecule has 118 valence electrons. The normalized spacial score (nSPS) is 13.3. The molecule has 0 fully saturated rings. The third kappa shape index (κ3) is 3.03. The third-order valence-electron chi connectivity index (χ3n) is 2.98. The van der Waals surface area contributed by atoms with Gasteiger partial charge in [-0.1, -0.05) is 17.7 Å². The van der Waals surface area contributed by atoms with Gasteiger partial charge in [-0.2, -0.15) is 4.39 Å². The second-order valence-corrected chi connectivity index (χ2v) is 6.60. The Hall–Kier alpha value is -2.16. The highest BCUT2D eigenvalue weighted by Crippen LogP contribution is 2.30. The highest BCUT2D eigenvalue weighted by molar-refractivity contribution is 7.92. The van der Waals surface area contributed by atoms with Gasteiger partial charge in [0.1, 0.15) is 0 Å². The van der Waals surface area contributed by atoms with Gasteiger partial charge in [-0.25, -0.2) is 22.2 Å². The minimum absolute atomic E-state index is 0.313. The van der Waals surface area contributed by atoms with Crippen LogP contribution in [0.3, 0.4) is 0 Å². The van der Waals surface area contributed by atoms with Crippen molar-refractivity contribution in [1.82, 2.24) is 9.97 Å². The minimum Gasteiger partial charge on any atom is -0.316 e. The molecule has 5 nitrogen and oxygen atoms in total. The Labute approximate surface area is 124 Å². The molecule has 1 atom stereocenters. The summed E-state index contributed by atoms with van der Waals surface area (Å²) in [5.41, 5.74) is 0.214. The molecule has 1 aromatic carbocycles. The van der Waals surface area contributed by atoms with E-state index in [9.17, 15) is 26.4 Å². The number of carbonyl (C=O) groups is 1. The number of benzene rings is 1. The van der Waals surface area contributed by atoms with Crippen molar-refractivity contribution >= 4 is 15.6 Å². The van der Waals surface area contributed by atoms with Crippen LogP contribution in [0.5, 0.6) is 0 Å². The predicted molar refractivity (Wildman–Crippen MR) is 70.7 cm³/mol. The average molecular weight is 332 g/mol. The quantitative estimate of drug-likeness (QED) is 0.910. The van der Waals surface area contributed by atoms with Crippen LogP contribution in [0.2, 0.25) is 0 Å². The van der Waals surface area contributed by atoms with Gasteiger partial charge < -0.3 is 4.98 Å². The number of halogens is 3. The maximum atomic E-state index is 12.9. The largest absolute Gasteiger partial charge is 0.316 e. The Morgan fingerprint density at radius 2 is 1.82 bits per heavy atom. The fourth-order valence-corrected chi connectivity index (χ4v) is 3.55. The van der Waals surface area contributed by atoms with Crippen molar-refractivity contribution in [3.8, 4) is 0 Å². The van der Waals surface area contributed by atoms with Gasteiger partial charge in [-0.15, -0.1) is 0 Å². The topological polar surface area (TPSA) is 79.9 Å². The van der Waals surface area contributed by atoms with Crippen LogP contribution in [0, 0.1) is 13.0 Å². The number of H-pyrrole nitrogens is 1. The number of nitrogens with one attached hydrogen (secondary N) is 1. The number of nitrogens with zero attached hydrogens (tertiary/aromatic N) is 1. The van der Waals surface area contributed by atoms with Crippen molar-refractivity contribution in [2.24, 2.45) is 0 Å². The fraction of sp³-hybridized carbons (Fsp3) is 0.231. The molecule has 0 saturated carbocycles. The number of aryl methyl sites for hydroxylation is 1. The molecular formula is C13H11F3N2O3S. The summed E-state index contributed by atoms with van der Waals surface area (Å²) in [6, 6.07) is 5.32. The Morgan fingerprint density at radius 3 is 2.27 bits per heavy atom. The number of ketones is 1. The fourth-order valence-electron chi connectivity index (χ4n) is 1.89. The maximum absolute atomic E-state index is 12.9. The van der Waals surface area contributed by atoms with E-state index in [0.717, 1.165) is 5.56 Å². The maximum Gasteiger partial charge on any atom is 0.297 e. The Bertz CT molecular complexity index is 785. The molecule has 0 aliphatic carbocycles. The van der Waals surface area contributed by atoms with Crippen molar-refractivity contribution in [2.45, 2.75) is 23.5 Å². The second-order valence-electron chi connectivity index (χ2n) is 4.57. The second kappa shape index (κ2) is 5.91. The summed E-state index contributed by atoms with van der Waals surface area (Å²) < 4.78 is 63.4. The minimum atomic E-state index is -4.47. The van der Waals surface area contributed by atoms with Crippen molar-refractivity contribution < 1.29 is 26.4 Å². The van der Waals surface area contributed by atoms with Gasteiger partial charge in [0.15, 0.2) is 15.1 Å². The van der Waals surface area contributed by atoms with Gasteiger partial charge in [0.2, 0.25) is 5.78 Å². The summed E-state index contributed by atoms with van der Waals surface area (Å²) in [6.45, 7) is 1.71. The Kier molecular flexibility index (Phi) is 4.36. The molecule has 0 spiro atoms. The van der Waals surface area contributed by atoms with Gasteiger partial charge in [0.25, 0.3) is 12.5 Å². The Balaban J connectivity index is 2.57. The third-order valence-corrected chi connectivity index (χ3v) is 5.02. The first-order valence-corrected chi connectivity index (χ1v) is 7.61. The van der Waals surface area contributed by atoms with E-state index in [4.69, 9.17) is 0 Å². The molecule has 1 heterocycles. The van der Waals surface area contributed by atoms with Crippen molar-refractivity contribution in [1.29, 1.82) is 0 Å². The zero-order chi connectivity index (χ0) is 16.5. The summed E-state index contributed by atoms with van der Waals surface area (Å²) >= 11 is 0. The molecule has 0 amide bonds. The number of alkyl halides is 2. The molecule has 2 aromatic rings. The van der Waals surface area contributed by atoms with Gasteiger partial charge in [0, 0.05) is 0 Å². The molecule has 1 N–H and O–H groups in total. The molecule has 2 rings (SSSR count).